The van der Waals surface area contributed by atoms with E-state index in [-0.39, 0.29) is 36.5 Å². The monoisotopic (exact) mass is 1130 g/mol. The van der Waals surface area contributed by atoms with E-state index in [1.807, 2.05) is 111 Å². The van der Waals surface area contributed by atoms with Crippen LogP contribution in [0.15, 0.2) is 146 Å². The number of carboxylic acids is 1. The first-order valence-corrected chi connectivity index (χ1v) is 26.5. The van der Waals surface area contributed by atoms with Crippen LogP contribution in [-0.4, -0.2) is 162 Å². The fraction of sp³-hybridized carbons (Fsp3) is 0.267. The number of hydrogen-bond donors (Lipinski definition) is 7. The number of nitrogens with one attached hydrogen (secondary N) is 5. The number of carboxylic acid groups (broad SMARTS) is 1. The molecule has 82 heavy (non-hydrogen) atoms. The number of nitrogens with zero attached hydrogens (tertiary/aromatic N) is 8. The largest absolute Gasteiger partial charge is 0.478 e. The van der Waals surface area contributed by atoms with E-state index in [1.54, 1.807) is 49.1 Å². The van der Waals surface area contributed by atoms with Crippen molar-refractivity contribution in [2.24, 2.45) is 0 Å². The number of ether oxygens (including phenoxy) is 2. The van der Waals surface area contributed by atoms with Gasteiger partial charge in [-0.2, -0.15) is 0 Å². The van der Waals surface area contributed by atoms with Crippen LogP contribution in [0, 0.1) is 0 Å². The van der Waals surface area contributed by atoms with E-state index in [2.05, 4.69) is 67.8 Å². The quantitative estimate of drug-likeness (QED) is 0.0343. The fourth-order valence-corrected chi connectivity index (χ4v) is 8.73. The van der Waals surface area contributed by atoms with Crippen molar-refractivity contribution in [1.29, 1.82) is 0 Å². The molecular weight excluding hydrogens is 1060 g/mol. The summed E-state index contributed by atoms with van der Waals surface area (Å²) in [5.74, 6) is 0.565. The van der Waals surface area contributed by atoms with Gasteiger partial charge < -0.3 is 65.8 Å². The summed E-state index contributed by atoms with van der Waals surface area (Å²) < 4.78 is 10.9. The number of halogens is 1. The maximum Gasteiger partial charge on any atom is 0.328 e. The van der Waals surface area contributed by atoms with Gasteiger partial charge in [0.05, 0.1) is 50.0 Å². The van der Waals surface area contributed by atoms with Gasteiger partial charge in [0.25, 0.3) is 0 Å². The number of nitrogen functional groups attached to an aromatic ring is 1. The Morgan fingerprint density at radius 3 is 1.38 bits per heavy atom. The highest BCUT2D eigenvalue weighted by Gasteiger charge is 2.20. The van der Waals surface area contributed by atoms with Gasteiger partial charge in [-0.3, -0.25) is 14.4 Å². The summed E-state index contributed by atoms with van der Waals surface area (Å²) in [7, 11) is 7.64. The zero-order chi connectivity index (χ0) is 57.1. The maximum atomic E-state index is 12.6. The summed E-state index contributed by atoms with van der Waals surface area (Å²) in [6.45, 7) is 7.39. The van der Waals surface area contributed by atoms with Crippen molar-refractivity contribution in [2.45, 2.75) is 12.8 Å². The highest BCUT2D eigenvalue weighted by molar-refractivity contribution is 5.99. The van der Waals surface area contributed by atoms with Crippen molar-refractivity contribution < 1.29 is 33.8 Å². The first kappa shape index (κ1) is 60.6. The fourth-order valence-electron chi connectivity index (χ4n) is 8.73. The molecular formula is C60H69ClN14O7. The van der Waals surface area contributed by atoms with Gasteiger partial charge in [0, 0.05) is 85.6 Å². The number of rotatable bonds is 17. The molecule has 2 aliphatic heterocycles. The average Bonchev–Trinajstić information content (AvgIpc) is 4.07. The summed E-state index contributed by atoms with van der Waals surface area (Å²) in [4.78, 5) is 79.8. The molecule has 0 saturated carbocycles. The molecule has 21 nitrogen and oxygen atoms in total. The minimum atomic E-state index is -0.892. The molecule has 10 rings (SSSR count). The number of carbonyl (C=O) groups excluding carboxylic acids is 3. The number of H-pyrrole nitrogens is 2. The Morgan fingerprint density at radius 2 is 0.963 bits per heavy atom. The predicted molar refractivity (Wildman–Crippen MR) is 326 cm³/mol. The third kappa shape index (κ3) is 18.0. The van der Waals surface area contributed by atoms with Crippen LogP contribution >= 0.6 is 12.4 Å². The van der Waals surface area contributed by atoms with Crippen molar-refractivity contribution in [3.8, 4) is 22.5 Å². The summed E-state index contributed by atoms with van der Waals surface area (Å²) in [6, 6.07) is 34.2. The number of aromatic nitrogens is 6. The Bertz CT molecular complexity index is 3430. The van der Waals surface area contributed by atoms with Crippen molar-refractivity contribution in [3.05, 3.63) is 157 Å². The molecule has 2 saturated heterocycles. The summed E-state index contributed by atoms with van der Waals surface area (Å²) in [6.07, 6.45) is 9.76. The highest BCUT2D eigenvalue weighted by atomic mass is 35.5. The summed E-state index contributed by atoms with van der Waals surface area (Å²) in [5.41, 5.74) is 15.8. The minimum Gasteiger partial charge on any atom is -0.478 e. The molecule has 0 atom stereocenters. The van der Waals surface area contributed by atoms with Gasteiger partial charge in [0.15, 0.2) is 0 Å². The van der Waals surface area contributed by atoms with Crippen molar-refractivity contribution >= 4 is 92.5 Å². The second kappa shape index (κ2) is 30.0. The lowest BCUT2D eigenvalue weighted by Crippen LogP contribution is -2.36. The second-order valence-corrected chi connectivity index (χ2v) is 19.7. The van der Waals surface area contributed by atoms with Gasteiger partial charge in [0.2, 0.25) is 17.7 Å². The zero-order valence-corrected chi connectivity index (χ0v) is 47.1. The topological polar surface area (TPSA) is 265 Å². The molecule has 0 spiro atoms. The van der Waals surface area contributed by atoms with Crippen LogP contribution in [0.3, 0.4) is 0 Å². The molecule has 0 aliphatic carbocycles. The van der Waals surface area contributed by atoms with Crippen molar-refractivity contribution in [2.75, 3.05) is 125 Å². The van der Waals surface area contributed by atoms with E-state index in [0.29, 0.717) is 63.0 Å². The third-order valence-corrected chi connectivity index (χ3v) is 12.8. The Balaban J connectivity index is 0.000000206. The van der Waals surface area contributed by atoms with E-state index >= 15 is 0 Å². The Hall–Kier alpha value is -8.99. The first-order chi connectivity index (χ1) is 39.2. The van der Waals surface area contributed by atoms with Crippen LogP contribution < -0.4 is 31.5 Å². The lowest BCUT2D eigenvalue weighted by atomic mass is 10.1. The Labute approximate surface area is 482 Å². The molecule has 22 heteroatoms. The van der Waals surface area contributed by atoms with Crippen LogP contribution in [0.5, 0.6) is 0 Å². The number of aromatic amines is 2. The smallest absolute Gasteiger partial charge is 0.328 e. The number of nitrogens with two attached hydrogens (primary N) is 1. The van der Waals surface area contributed by atoms with E-state index < -0.39 is 5.97 Å². The average molecular weight is 1130 g/mol. The van der Waals surface area contributed by atoms with Gasteiger partial charge in [-0.1, -0.05) is 60.7 Å². The SMILES string of the molecule is CN(C)C/C=C/C(=O)Nc1ccc(CC(=O)Nc2ccc(-c3cc4c(N5CCOCC5)ncnc4[nH]3)cc2)cc1.CN(C)C/C=C/C(=O)O.Cl.Nc1ccc(CC(=O)Nc2ccc(-c3cc4c(N5CCOCC5)ncnc4[nH]3)cc2)cc1. The van der Waals surface area contributed by atoms with Crippen LogP contribution in [0.25, 0.3) is 44.6 Å². The molecule has 428 valence electrons. The number of carbonyl (C=O) groups is 4. The molecule has 6 heterocycles. The van der Waals surface area contributed by atoms with E-state index in [9.17, 15) is 19.2 Å². The number of fused-ring (bicyclic) bond motifs is 2. The molecule has 8 N–H and O–H groups in total. The molecule has 4 aromatic carbocycles. The van der Waals surface area contributed by atoms with Crippen LogP contribution in [-0.2, 0) is 41.5 Å². The standard InChI is InChI=1S/C30H33N7O3.C24H24N6O2.C6H11NO2.ClH/c1-36(2)13-3-4-27(38)33-23-9-5-21(6-10-23)18-28(39)34-24-11-7-22(8-12-24)26-19-25-29(35-26)31-20-32-30(25)37-14-16-40-17-15-37;25-18-5-1-16(2-6-18)13-22(31)28-19-7-3-17(4-8-19)21-14-20-23(29-21)26-15-27-24(20)30-9-11-32-12-10-30;1-7(2)5-3-4-6(8)9;/h3-12,19-20H,13-18H2,1-2H3,(H,33,38)(H,34,39)(H,31,32,35);1-8,14-15H,9-13,25H2,(H,28,31)(H,26,27,29);3-4H,5H2,1-2H3,(H,8,9);1H/b4-3+;;4-3+;. The number of morpholine rings is 2. The van der Waals surface area contributed by atoms with Crippen LogP contribution in [0.1, 0.15) is 11.1 Å². The molecule has 8 aromatic rings. The summed E-state index contributed by atoms with van der Waals surface area (Å²) in [5, 5.41) is 18.8. The molecule has 4 aromatic heterocycles. The second-order valence-electron chi connectivity index (χ2n) is 19.7. The predicted octanol–water partition coefficient (Wildman–Crippen LogP) is 7.53. The number of hydrogen-bond acceptors (Lipinski definition) is 15. The van der Waals surface area contributed by atoms with Crippen LogP contribution in [0.4, 0.5) is 34.4 Å². The van der Waals surface area contributed by atoms with Crippen LogP contribution in [0.2, 0.25) is 0 Å². The molecule has 0 radical (unpaired) electrons. The third-order valence-electron chi connectivity index (χ3n) is 12.8. The van der Waals surface area contributed by atoms with Gasteiger partial charge in [-0.15, -0.1) is 12.4 Å². The minimum absolute atomic E-state index is 0. The zero-order valence-electron chi connectivity index (χ0n) is 46.3. The highest BCUT2D eigenvalue weighted by Crippen LogP contribution is 2.31. The number of likely N-dealkylation sites (N-methyl/N-ethyl adjacent to an activating group) is 2. The molecule has 2 fully saturated rings. The number of benzene rings is 4. The van der Waals surface area contributed by atoms with E-state index in [1.165, 1.54) is 6.08 Å². The van der Waals surface area contributed by atoms with E-state index in [0.717, 1.165) is 105 Å². The Morgan fingerprint density at radius 1 is 0.573 bits per heavy atom. The molecule has 0 bridgehead atoms. The Kier molecular flexibility index (Phi) is 22.2. The maximum absolute atomic E-state index is 12.6. The normalized spacial score (nSPS) is 13.3. The number of aliphatic carboxylic acids is 1. The van der Waals surface area contributed by atoms with Gasteiger partial charge in [-0.05, 0) is 111 Å². The van der Waals surface area contributed by atoms with Crippen molar-refractivity contribution in [3.63, 3.8) is 0 Å². The number of amides is 3. The molecule has 2 aliphatic rings. The summed E-state index contributed by atoms with van der Waals surface area (Å²) >= 11 is 0. The van der Waals surface area contributed by atoms with Gasteiger partial charge >= 0.3 is 5.97 Å². The van der Waals surface area contributed by atoms with E-state index in [4.69, 9.17) is 20.3 Å². The van der Waals surface area contributed by atoms with Crippen molar-refractivity contribution in [1.82, 2.24) is 39.7 Å². The number of anilines is 6. The lowest BCUT2D eigenvalue weighted by molar-refractivity contribution is -0.131. The lowest BCUT2D eigenvalue weighted by Gasteiger charge is -2.27. The first-order valence-electron chi connectivity index (χ1n) is 26.5. The van der Waals surface area contributed by atoms with Gasteiger partial charge in [0.1, 0.15) is 35.6 Å². The molecule has 0 unspecified atom stereocenters. The van der Waals surface area contributed by atoms with Gasteiger partial charge in [-0.25, -0.2) is 24.7 Å². The molecule has 3 amide bonds.